The molecular weight excluding hydrogens is 1380 g/mol. The minimum Gasteiger partial charge on any atom is -0.462 e. The lowest BCUT2D eigenvalue weighted by Gasteiger charge is -2.46. The van der Waals surface area contributed by atoms with Crippen molar-refractivity contribution in [2.75, 3.05) is 44.9 Å². The van der Waals surface area contributed by atoms with Gasteiger partial charge in [0.05, 0.1) is 105 Å². The number of aliphatic hydroxyl groups is 10. The van der Waals surface area contributed by atoms with Gasteiger partial charge in [-0.2, -0.15) is 11.8 Å². The molecule has 105 heavy (non-hydrogen) atoms. The molecule has 0 radical (unpaired) electrons. The Kier molecular flexibility index (Phi) is 41.9. The van der Waals surface area contributed by atoms with E-state index in [9.17, 15) is 79.8 Å². The second kappa shape index (κ2) is 48.2. The number of benzene rings is 1. The van der Waals surface area contributed by atoms with Crippen LogP contribution >= 0.6 is 11.8 Å². The molecule has 0 aromatic heterocycles. The zero-order valence-electron chi connectivity index (χ0n) is 62.1. The summed E-state index contributed by atoms with van der Waals surface area (Å²) in [5.74, 6) is -7.46. The van der Waals surface area contributed by atoms with E-state index in [2.05, 4.69) is 26.6 Å². The molecule has 4 rings (SSSR count). The van der Waals surface area contributed by atoms with Gasteiger partial charge < -0.3 is 112 Å². The van der Waals surface area contributed by atoms with Crippen LogP contribution < -0.4 is 32.3 Å². The highest BCUT2D eigenvalue weighted by molar-refractivity contribution is 7.98. The zero-order valence-corrected chi connectivity index (χ0v) is 62.9. The maximum absolute atomic E-state index is 14.4. The number of allylic oxidation sites excluding steroid dienone is 12. The highest BCUT2D eigenvalue weighted by Gasteiger charge is 2.51. The SMILES string of the molecule is CSCCC(NC(=O)OCC(C)C)C(=O)NC(CC(C)C)C(=O)NC(Cc1ccccc1)C(=O)NCCOCCNC(=O)C1C(O)CC2(O)CC(O)CC(O)C(O)CCC(O)CC(O)CC(=O)OC(C)C(C)C(O)C(C)C=CC=CC=CC=CC=CC=CC=CC(OC3OC(C)C(O)C(N)C3O)CC1O2. The number of alkyl carbamates (subject to hydrolysis) is 1. The van der Waals surface area contributed by atoms with E-state index < -0.39 is 189 Å². The molecule has 3 aliphatic rings. The number of rotatable bonds is 24. The van der Waals surface area contributed by atoms with Crippen LogP contribution in [0, 0.1) is 29.6 Å². The number of esters is 1. The predicted octanol–water partition coefficient (Wildman–Crippen LogP) is 2.64. The Bertz CT molecular complexity index is 2980. The molecule has 28 nitrogen and oxygen atoms in total. The Labute approximate surface area is 622 Å². The standard InChI is InChI=1S/C76H120N6O22S/c1-46(2)37-58(80-71(94)57(31-36-105-9)82-75(97)100-45-47(3)4)72(95)81-59(38-52-26-22-20-23-27-52)70(93)78-32-34-99-35-33-79-73(96)65-62(88)44-76(98)43-55(85)40-61(87)60(86)30-29-53(83)39-54(84)41-64(89)101-50(7)49(6)67(90)48(5)25-21-18-16-14-12-10-11-13-15-17-19-24-28-56(42-63(65)104-76)103-74-69(92)66(77)68(91)51(8)102-74/h10-28,46-51,53-63,65-69,74,83-88,90-92,98H,29-45,77H2,1-9H3,(H,78,93)(H,79,96)(H,80,94)(H,81,95)(H,82,97). The Morgan fingerprint density at radius 2 is 1.24 bits per heavy atom. The van der Waals surface area contributed by atoms with Crippen LogP contribution in [0.4, 0.5) is 4.79 Å². The predicted molar refractivity (Wildman–Crippen MR) is 396 cm³/mol. The fraction of sp³-hybridized carbons (Fsp3) is 0.658. The minimum absolute atomic E-state index is 0.0529. The average molecular weight is 1500 g/mol. The molecule has 0 aliphatic carbocycles. The molecule has 1 aromatic carbocycles. The number of fused-ring (bicyclic) bond motifs is 2. The molecule has 3 heterocycles. The topological polar surface area (TPSA) is 446 Å². The van der Waals surface area contributed by atoms with E-state index in [1.54, 1.807) is 117 Å². The van der Waals surface area contributed by atoms with E-state index in [1.807, 2.05) is 53.0 Å². The van der Waals surface area contributed by atoms with Gasteiger partial charge in [-0.15, -0.1) is 0 Å². The number of aliphatic hydroxyl groups excluding tert-OH is 9. The van der Waals surface area contributed by atoms with Crippen molar-refractivity contribution < 1.29 is 108 Å². The quantitative estimate of drug-likeness (QED) is 0.0522. The molecule has 22 unspecified atom stereocenters. The van der Waals surface area contributed by atoms with Crippen molar-refractivity contribution in [3.63, 3.8) is 0 Å². The van der Waals surface area contributed by atoms with Crippen molar-refractivity contribution in [1.82, 2.24) is 26.6 Å². The first-order chi connectivity index (χ1) is 49.8. The molecule has 0 saturated carbocycles. The first-order valence-corrected chi connectivity index (χ1v) is 37.9. The molecule has 1 aromatic rings. The summed E-state index contributed by atoms with van der Waals surface area (Å²) in [7, 11) is 0. The number of hydrogen-bond acceptors (Lipinski definition) is 24. The van der Waals surface area contributed by atoms with E-state index >= 15 is 0 Å². The lowest BCUT2D eigenvalue weighted by molar-refractivity contribution is -0.307. The van der Waals surface area contributed by atoms with Gasteiger partial charge in [0.2, 0.25) is 23.6 Å². The fourth-order valence-corrected chi connectivity index (χ4v) is 12.5. The summed E-state index contributed by atoms with van der Waals surface area (Å²) >= 11 is 1.48. The van der Waals surface area contributed by atoms with Crippen LogP contribution in [0.5, 0.6) is 0 Å². The van der Waals surface area contributed by atoms with Crippen LogP contribution in [0.1, 0.15) is 125 Å². The number of nitrogens with two attached hydrogens (primary N) is 1. The first-order valence-electron chi connectivity index (χ1n) is 36.5. The third-order valence-corrected chi connectivity index (χ3v) is 18.8. The van der Waals surface area contributed by atoms with Crippen molar-refractivity contribution in [1.29, 1.82) is 0 Å². The highest BCUT2D eigenvalue weighted by atomic mass is 32.2. The minimum atomic E-state index is -2.40. The van der Waals surface area contributed by atoms with Crippen LogP contribution in [0.15, 0.2) is 115 Å². The van der Waals surface area contributed by atoms with E-state index in [-0.39, 0.29) is 95.6 Å². The smallest absolute Gasteiger partial charge is 0.407 e. The number of amides is 5. The first kappa shape index (κ1) is 91.2. The van der Waals surface area contributed by atoms with Crippen LogP contribution in [-0.2, 0) is 58.8 Å². The van der Waals surface area contributed by atoms with Crippen molar-refractivity contribution in [3.05, 3.63) is 121 Å². The van der Waals surface area contributed by atoms with Crippen LogP contribution in [-0.4, -0.2) is 247 Å². The van der Waals surface area contributed by atoms with E-state index in [1.165, 1.54) is 18.7 Å². The Morgan fingerprint density at radius 3 is 1.86 bits per heavy atom. The van der Waals surface area contributed by atoms with Crippen molar-refractivity contribution >= 4 is 47.5 Å². The van der Waals surface area contributed by atoms with Gasteiger partial charge in [0.15, 0.2) is 12.1 Å². The van der Waals surface area contributed by atoms with Crippen LogP contribution in [0.25, 0.3) is 0 Å². The monoisotopic (exact) mass is 1500 g/mol. The molecule has 2 fully saturated rings. The molecule has 22 atom stereocenters. The number of carbonyl (C=O) groups is 6. The zero-order chi connectivity index (χ0) is 77.8. The van der Waals surface area contributed by atoms with E-state index in [4.69, 9.17) is 34.2 Å². The largest absolute Gasteiger partial charge is 0.462 e. The van der Waals surface area contributed by atoms with Gasteiger partial charge >= 0.3 is 12.1 Å². The molecule has 3 aliphatic heterocycles. The van der Waals surface area contributed by atoms with Gasteiger partial charge in [-0.05, 0) is 75.4 Å². The third kappa shape index (κ3) is 34.3. The lowest BCUT2D eigenvalue weighted by atomic mass is 9.82. The number of nitrogens with one attached hydrogen (secondary N) is 5. The highest BCUT2D eigenvalue weighted by Crippen LogP contribution is 2.38. The van der Waals surface area contributed by atoms with Crippen LogP contribution in [0.2, 0.25) is 0 Å². The molecule has 17 N–H and O–H groups in total. The van der Waals surface area contributed by atoms with Gasteiger partial charge in [-0.25, -0.2) is 4.79 Å². The summed E-state index contributed by atoms with van der Waals surface area (Å²) in [4.78, 5) is 81.8. The molecule has 29 heteroatoms. The molecular formula is C76H120N6O22S. The summed E-state index contributed by atoms with van der Waals surface area (Å²) in [6, 6.07) is 4.55. The van der Waals surface area contributed by atoms with Crippen molar-refractivity contribution in [2.45, 2.75) is 242 Å². The van der Waals surface area contributed by atoms with Gasteiger partial charge in [0.1, 0.15) is 30.3 Å². The number of thioether (sulfide) groups is 1. The number of carbonyl (C=O) groups excluding carboxylic acids is 6. The fourth-order valence-electron chi connectivity index (χ4n) is 12.1. The lowest BCUT2D eigenvalue weighted by Crippen LogP contribution is -2.62. The summed E-state index contributed by atoms with van der Waals surface area (Å²) in [6.45, 7) is 14.0. The average Bonchev–Trinajstić information content (AvgIpc) is 0.783. The normalized spacial score (nSPS) is 31.2. The second-order valence-electron chi connectivity index (χ2n) is 28.3. The molecule has 2 saturated heterocycles. The van der Waals surface area contributed by atoms with Crippen molar-refractivity contribution in [3.8, 4) is 0 Å². The molecule has 0 spiro atoms. The summed E-state index contributed by atoms with van der Waals surface area (Å²) in [6.07, 6.45) is 4.19. The maximum Gasteiger partial charge on any atom is 0.407 e. The Balaban J connectivity index is 1.55. The van der Waals surface area contributed by atoms with Crippen molar-refractivity contribution in [2.24, 2.45) is 35.3 Å². The number of ether oxygens (including phenoxy) is 6. The van der Waals surface area contributed by atoms with Gasteiger partial charge in [-0.1, -0.05) is 157 Å². The number of cyclic esters (lactones) is 1. The second-order valence-corrected chi connectivity index (χ2v) is 29.3. The Hall–Kier alpha value is -6.23. The molecule has 592 valence electrons. The summed E-state index contributed by atoms with van der Waals surface area (Å²) in [5.41, 5.74) is 6.93. The number of hydrogen-bond donors (Lipinski definition) is 16. The maximum atomic E-state index is 14.4. The van der Waals surface area contributed by atoms with Gasteiger partial charge in [-0.3, -0.25) is 24.0 Å². The summed E-state index contributed by atoms with van der Waals surface area (Å²) in [5, 5.41) is 126. The molecule has 2 bridgehead atoms. The van der Waals surface area contributed by atoms with E-state index in [0.29, 0.717) is 5.75 Å². The summed E-state index contributed by atoms with van der Waals surface area (Å²) < 4.78 is 35.1. The van der Waals surface area contributed by atoms with Gasteiger partial charge in [0.25, 0.3) is 0 Å². The third-order valence-electron chi connectivity index (χ3n) is 18.2. The van der Waals surface area contributed by atoms with Crippen LogP contribution in [0.3, 0.4) is 0 Å². The Morgan fingerprint density at radius 1 is 0.638 bits per heavy atom. The molecule has 5 amide bonds. The van der Waals surface area contributed by atoms with E-state index in [0.717, 1.165) is 5.56 Å². The van der Waals surface area contributed by atoms with Gasteiger partial charge in [0, 0.05) is 57.0 Å².